The van der Waals surface area contributed by atoms with Gasteiger partial charge in [-0.15, -0.1) is 0 Å². The highest BCUT2D eigenvalue weighted by atomic mass is 19.3. The number of alkyl carbamates (subject to hydrolysis) is 1. The maximum Gasteiger partial charge on any atom is 0.408 e. The highest BCUT2D eigenvalue weighted by Crippen LogP contribution is 2.45. The van der Waals surface area contributed by atoms with Crippen molar-refractivity contribution in [1.29, 1.82) is 0 Å². The van der Waals surface area contributed by atoms with Crippen molar-refractivity contribution in [2.45, 2.75) is 97.0 Å². The summed E-state index contributed by atoms with van der Waals surface area (Å²) in [5.41, 5.74) is 0.580. The van der Waals surface area contributed by atoms with Crippen LogP contribution >= 0.6 is 0 Å². The molecule has 1 unspecified atom stereocenters. The Labute approximate surface area is 267 Å². The largest absolute Gasteiger partial charge is 0.480 e. The first-order chi connectivity index (χ1) is 21.5. The second-order valence-electron chi connectivity index (χ2n) is 12.7. The molecule has 254 valence electrons. The van der Waals surface area contributed by atoms with E-state index in [0.717, 1.165) is 4.90 Å². The van der Waals surface area contributed by atoms with Gasteiger partial charge in [-0.2, -0.15) is 0 Å². The fourth-order valence-corrected chi connectivity index (χ4v) is 6.15. The highest BCUT2D eigenvalue weighted by Gasteiger charge is 2.61. The summed E-state index contributed by atoms with van der Waals surface area (Å²) in [6.45, 7) is 8.02. The van der Waals surface area contributed by atoms with Crippen molar-refractivity contribution in [3.05, 3.63) is 35.9 Å². The fraction of sp³-hybridized carbons (Fsp3) is 0.625. The molecule has 0 radical (unpaired) electrons. The Kier molecular flexibility index (Phi) is 11.9. The molecule has 2 fully saturated rings. The number of halogens is 2. The number of carbonyl (C=O) groups is 6. The van der Waals surface area contributed by atoms with Gasteiger partial charge in [-0.25, -0.2) is 18.4 Å². The van der Waals surface area contributed by atoms with Crippen LogP contribution in [0.5, 0.6) is 0 Å². The molecule has 14 heteroatoms. The van der Waals surface area contributed by atoms with E-state index in [1.807, 2.05) is 0 Å². The van der Waals surface area contributed by atoms with Crippen molar-refractivity contribution in [3.63, 3.8) is 0 Å². The minimum absolute atomic E-state index is 0.136. The van der Waals surface area contributed by atoms with Crippen molar-refractivity contribution in [1.82, 2.24) is 20.4 Å². The molecule has 2 aliphatic rings. The van der Waals surface area contributed by atoms with E-state index in [-0.39, 0.29) is 19.3 Å². The number of benzene rings is 1. The number of fused-ring (bicyclic) bond motifs is 2. The minimum Gasteiger partial charge on any atom is -0.480 e. The normalized spacial score (nSPS) is 22.6. The molecule has 0 aromatic heterocycles. The van der Waals surface area contributed by atoms with Crippen LogP contribution in [-0.4, -0.2) is 99.8 Å². The van der Waals surface area contributed by atoms with Crippen molar-refractivity contribution in [2.24, 2.45) is 17.8 Å². The Morgan fingerprint density at radius 2 is 1.70 bits per heavy atom. The van der Waals surface area contributed by atoms with E-state index in [2.05, 4.69) is 10.6 Å². The Morgan fingerprint density at radius 3 is 2.24 bits per heavy atom. The molecule has 6 atom stereocenters. The van der Waals surface area contributed by atoms with Crippen LogP contribution in [0.2, 0.25) is 0 Å². The lowest BCUT2D eigenvalue weighted by Crippen LogP contribution is -2.61. The second kappa shape index (κ2) is 15.0. The van der Waals surface area contributed by atoms with Gasteiger partial charge in [0, 0.05) is 18.9 Å². The van der Waals surface area contributed by atoms with E-state index >= 15 is 8.78 Å². The molecular formula is C32H44F2N4O8. The van der Waals surface area contributed by atoms with Crippen molar-refractivity contribution in [3.8, 4) is 0 Å². The topological polar surface area (TPSA) is 162 Å². The van der Waals surface area contributed by atoms with E-state index in [4.69, 9.17) is 4.74 Å². The standard InChI is InChI=1S/C32H44F2N4O8/c1-7-11-23(26(39)27(40)35-22(30(43)44)14-20-12-9-8-10-13-20)38-16-32(33,34)21-15-37(25(19(21)6)29(38)42)28(41)24(17(2)3)36-31(45)46-18(4)5/h8-10,12-13,17-19,21-25H,7,11,14-16H2,1-6H3,(H,35,40)(H,36,45)(H,43,44)/t19-,21-,22+,23?,24-,25-/m0/s1. The Balaban J connectivity index is 1.91. The van der Waals surface area contributed by atoms with Gasteiger partial charge in [0.15, 0.2) is 0 Å². The molecule has 12 nitrogen and oxygen atoms in total. The van der Waals surface area contributed by atoms with Gasteiger partial charge in [0.05, 0.1) is 12.6 Å². The minimum atomic E-state index is -3.55. The molecular weight excluding hydrogens is 606 g/mol. The number of carboxylic acids is 1. The molecule has 4 amide bonds. The average Bonchev–Trinajstić information content (AvgIpc) is 3.31. The third kappa shape index (κ3) is 8.18. The number of ketones is 1. The molecule has 1 aromatic rings. The molecule has 2 saturated heterocycles. The zero-order chi connectivity index (χ0) is 34.5. The Hall–Kier alpha value is -4.10. The second-order valence-corrected chi connectivity index (χ2v) is 12.7. The van der Waals surface area contributed by atoms with Crippen molar-refractivity contribution >= 4 is 35.6 Å². The monoisotopic (exact) mass is 650 g/mol. The summed E-state index contributed by atoms with van der Waals surface area (Å²) < 4.78 is 36.9. The third-order valence-electron chi connectivity index (χ3n) is 8.50. The number of nitrogens with one attached hydrogen (secondary N) is 2. The molecule has 0 aliphatic carbocycles. The van der Waals surface area contributed by atoms with Crippen LogP contribution < -0.4 is 10.6 Å². The van der Waals surface area contributed by atoms with Crippen molar-refractivity contribution < 1.29 is 47.4 Å². The summed E-state index contributed by atoms with van der Waals surface area (Å²) in [6.07, 6.45) is -1.42. The van der Waals surface area contributed by atoms with Crippen LogP contribution in [0.4, 0.5) is 13.6 Å². The number of aliphatic carboxylic acids is 1. The molecule has 2 aliphatic heterocycles. The van der Waals surface area contributed by atoms with E-state index in [1.54, 1.807) is 65.0 Å². The zero-order valence-corrected chi connectivity index (χ0v) is 27.0. The predicted molar refractivity (Wildman–Crippen MR) is 162 cm³/mol. The molecule has 46 heavy (non-hydrogen) atoms. The molecule has 3 rings (SSSR count). The number of alkyl halides is 2. The van der Waals surface area contributed by atoms with Gasteiger partial charge in [-0.3, -0.25) is 19.2 Å². The van der Waals surface area contributed by atoms with Gasteiger partial charge in [-0.05, 0) is 37.7 Å². The van der Waals surface area contributed by atoms with Gasteiger partial charge < -0.3 is 30.3 Å². The van der Waals surface area contributed by atoms with Gasteiger partial charge in [0.1, 0.15) is 24.2 Å². The van der Waals surface area contributed by atoms with Crippen LogP contribution in [0.15, 0.2) is 30.3 Å². The van der Waals surface area contributed by atoms with Crippen LogP contribution in [0, 0.1) is 17.8 Å². The number of hydrogen-bond acceptors (Lipinski definition) is 7. The van der Waals surface area contributed by atoms with E-state index < -0.39 is 103 Å². The summed E-state index contributed by atoms with van der Waals surface area (Å²) in [7, 11) is 0. The van der Waals surface area contributed by atoms with Gasteiger partial charge >= 0.3 is 12.1 Å². The first kappa shape index (κ1) is 36.4. The molecule has 2 heterocycles. The van der Waals surface area contributed by atoms with E-state index in [1.165, 1.54) is 6.92 Å². The van der Waals surface area contributed by atoms with Crippen molar-refractivity contribution in [2.75, 3.05) is 13.1 Å². The number of nitrogens with zero attached hydrogens (tertiary/aromatic N) is 2. The fourth-order valence-electron chi connectivity index (χ4n) is 6.15. The predicted octanol–water partition coefficient (Wildman–Crippen LogP) is 2.64. The lowest BCUT2D eigenvalue weighted by molar-refractivity contribution is -0.158. The number of ether oxygens (including phenoxy) is 1. The number of likely N-dealkylation sites (tertiary alicyclic amines) is 2. The molecule has 2 bridgehead atoms. The summed E-state index contributed by atoms with van der Waals surface area (Å²) in [6, 6.07) is 2.70. The van der Waals surface area contributed by atoms with Gasteiger partial charge in [-0.1, -0.05) is 64.4 Å². The number of rotatable bonds is 13. The average molecular weight is 651 g/mol. The van der Waals surface area contributed by atoms with Crippen LogP contribution in [0.3, 0.4) is 0 Å². The smallest absolute Gasteiger partial charge is 0.408 e. The third-order valence-corrected chi connectivity index (χ3v) is 8.50. The lowest BCUT2D eigenvalue weighted by Gasteiger charge is -2.39. The number of carbonyl (C=O) groups excluding carboxylic acids is 5. The maximum absolute atomic E-state index is 15.9. The lowest BCUT2D eigenvalue weighted by atomic mass is 9.88. The van der Waals surface area contributed by atoms with Crippen LogP contribution in [0.25, 0.3) is 0 Å². The zero-order valence-electron chi connectivity index (χ0n) is 27.0. The SMILES string of the molecule is CCCC(C(=O)C(=O)N[C@H](Cc1ccccc1)C(=O)O)N1CC(F)(F)[C@H]2CN(C(=O)[C@@H](NC(=O)OC(C)C)C(C)C)[C@H](C1=O)[C@H]2C. The quantitative estimate of drug-likeness (QED) is 0.275. The number of hydrogen-bond donors (Lipinski definition) is 3. The number of Topliss-reactive ketones (excluding diaryl/α,β-unsaturated/α-hetero) is 1. The molecule has 0 saturated carbocycles. The number of amides is 4. The van der Waals surface area contributed by atoms with Gasteiger partial charge in [0.2, 0.25) is 17.6 Å². The molecule has 3 N–H and O–H groups in total. The highest BCUT2D eigenvalue weighted by molar-refractivity contribution is 6.38. The maximum atomic E-state index is 15.9. The number of carboxylic acid groups (broad SMARTS) is 1. The Bertz CT molecular complexity index is 1310. The molecule has 0 spiro atoms. The van der Waals surface area contributed by atoms with Gasteiger partial charge in [0.25, 0.3) is 11.8 Å². The van der Waals surface area contributed by atoms with E-state index in [0.29, 0.717) is 10.5 Å². The Morgan fingerprint density at radius 1 is 1.07 bits per heavy atom. The first-order valence-electron chi connectivity index (χ1n) is 15.6. The summed E-state index contributed by atoms with van der Waals surface area (Å²) in [5.74, 6) is -12.1. The summed E-state index contributed by atoms with van der Waals surface area (Å²) in [5, 5.41) is 14.4. The summed E-state index contributed by atoms with van der Waals surface area (Å²) >= 11 is 0. The van der Waals surface area contributed by atoms with Crippen LogP contribution in [-0.2, 0) is 35.1 Å². The van der Waals surface area contributed by atoms with Crippen LogP contribution in [0.1, 0.15) is 59.9 Å². The first-order valence-corrected chi connectivity index (χ1v) is 15.6. The summed E-state index contributed by atoms with van der Waals surface area (Å²) in [4.78, 5) is 80.6. The molecule has 1 aromatic carbocycles. The van der Waals surface area contributed by atoms with E-state index in [9.17, 15) is 33.9 Å².